The van der Waals surface area contributed by atoms with Gasteiger partial charge in [-0.3, -0.25) is 24.0 Å². The number of amides is 5. The summed E-state index contributed by atoms with van der Waals surface area (Å²) in [5.41, 5.74) is -0.295. The van der Waals surface area contributed by atoms with Gasteiger partial charge in [-0.15, -0.1) is 0 Å². The van der Waals surface area contributed by atoms with Crippen LogP contribution >= 0.6 is 0 Å². The summed E-state index contributed by atoms with van der Waals surface area (Å²) in [4.78, 5) is 73.1. The van der Waals surface area contributed by atoms with E-state index in [1.54, 1.807) is 0 Å². The van der Waals surface area contributed by atoms with Crippen molar-refractivity contribution in [1.82, 2.24) is 31.9 Å². The van der Waals surface area contributed by atoms with Gasteiger partial charge in [0.15, 0.2) is 0 Å². The van der Waals surface area contributed by atoms with Crippen molar-refractivity contribution in [2.24, 2.45) is 0 Å². The van der Waals surface area contributed by atoms with Gasteiger partial charge in [-0.25, -0.2) is 4.79 Å². The number of carboxylic acids is 1. The van der Waals surface area contributed by atoms with Gasteiger partial charge in [0.2, 0.25) is 29.5 Å². The molecule has 0 aromatic carbocycles. The second kappa shape index (κ2) is 43.9. The first-order valence-corrected chi connectivity index (χ1v) is 25.9. The molecule has 67 heavy (non-hydrogen) atoms. The largest absolute Gasteiger partial charge is 0.480 e. The maximum Gasteiger partial charge on any atom is 0.326 e. The van der Waals surface area contributed by atoms with Crippen molar-refractivity contribution in [1.29, 1.82) is 0 Å². The Kier molecular flexibility index (Phi) is 41.7. The number of aliphatic carboxylic acids is 1. The Bertz CT molecular complexity index is 1280. The number of rotatable bonds is 47. The van der Waals surface area contributed by atoms with Crippen LogP contribution in [0.2, 0.25) is 0 Å². The summed E-state index contributed by atoms with van der Waals surface area (Å²) >= 11 is 0. The molecule has 0 radical (unpaired) electrons. The summed E-state index contributed by atoms with van der Waals surface area (Å²) in [6, 6.07) is -1.20. The second-order valence-corrected chi connectivity index (χ2v) is 18.8. The number of nitrogens with one attached hydrogen (secondary N) is 6. The predicted molar refractivity (Wildman–Crippen MR) is 264 cm³/mol. The molecule has 0 heterocycles. The number of carbonyl (C=O) groups excluding carboxylic acids is 5. The number of hydrogen-bond acceptors (Lipinski definition) is 11. The SMILES string of the molecule is CCCCCCCCCCCCCCCCCC(=O)NC(CCC(=O)NCCOCCOCCC(=O)NCCOCCOCCC(=O)NCCCCC(NC(C)C)C(=O)NC(C)(C)C)C(=O)O. The Morgan fingerprint density at radius 3 is 1.34 bits per heavy atom. The third kappa shape index (κ3) is 44.9. The van der Waals surface area contributed by atoms with Crippen molar-refractivity contribution in [3.63, 3.8) is 0 Å². The van der Waals surface area contributed by atoms with Gasteiger partial charge in [-0.1, -0.05) is 111 Å². The maximum absolute atomic E-state index is 12.6. The maximum atomic E-state index is 12.6. The zero-order valence-corrected chi connectivity index (χ0v) is 42.8. The van der Waals surface area contributed by atoms with E-state index in [0.717, 1.165) is 32.1 Å². The molecule has 0 saturated heterocycles. The van der Waals surface area contributed by atoms with Crippen LogP contribution in [-0.2, 0) is 47.7 Å². The van der Waals surface area contributed by atoms with Gasteiger partial charge in [0.25, 0.3) is 0 Å². The normalized spacial score (nSPS) is 12.4. The Morgan fingerprint density at radius 1 is 0.463 bits per heavy atom. The lowest BCUT2D eigenvalue weighted by molar-refractivity contribution is -0.142. The van der Waals surface area contributed by atoms with Gasteiger partial charge >= 0.3 is 5.97 Å². The minimum atomic E-state index is -1.16. The molecule has 0 aromatic heterocycles. The van der Waals surface area contributed by atoms with Gasteiger partial charge < -0.3 is 56.0 Å². The molecule has 7 N–H and O–H groups in total. The highest BCUT2D eigenvalue weighted by atomic mass is 16.5. The van der Waals surface area contributed by atoms with Crippen LogP contribution in [-0.4, -0.2) is 137 Å². The lowest BCUT2D eigenvalue weighted by Gasteiger charge is -2.26. The topological polar surface area (TPSA) is 232 Å². The van der Waals surface area contributed by atoms with Crippen LogP contribution in [0, 0.1) is 0 Å². The minimum Gasteiger partial charge on any atom is -0.480 e. The zero-order chi connectivity index (χ0) is 49.8. The molecule has 0 bridgehead atoms. The van der Waals surface area contributed by atoms with Gasteiger partial charge in [-0.05, 0) is 52.9 Å². The van der Waals surface area contributed by atoms with Crippen molar-refractivity contribution < 1.29 is 52.8 Å². The van der Waals surface area contributed by atoms with E-state index in [9.17, 15) is 33.9 Å². The first-order chi connectivity index (χ1) is 32.1. The molecule has 2 atom stereocenters. The molecule has 392 valence electrons. The molecular weight excluding hydrogens is 861 g/mol. The van der Waals surface area contributed by atoms with Crippen LogP contribution in [0.1, 0.15) is 189 Å². The van der Waals surface area contributed by atoms with E-state index in [-0.39, 0.29) is 119 Å². The highest BCUT2D eigenvalue weighted by molar-refractivity contribution is 5.84. The Morgan fingerprint density at radius 2 is 0.896 bits per heavy atom. The van der Waals surface area contributed by atoms with Crippen LogP contribution in [0.4, 0.5) is 0 Å². The number of ether oxygens (including phenoxy) is 4. The van der Waals surface area contributed by atoms with Crippen LogP contribution < -0.4 is 31.9 Å². The highest BCUT2D eigenvalue weighted by Gasteiger charge is 2.23. The summed E-state index contributed by atoms with van der Waals surface area (Å²) in [6.45, 7) is 15.6. The summed E-state index contributed by atoms with van der Waals surface area (Å²) in [5, 5.41) is 26.8. The van der Waals surface area contributed by atoms with Crippen LogP contribution in [0.15, 0.2) is 0 Å². The van der Waals surface area contributed by atoms with Crippen molar-refractivity contribution in [2.75, 3.05) is 72.5 Å². The van der Waals surface area contributed by atoms with Crippen molar-refractivity contribution >= 4 is 35.5 Å². The fraction of sp³-hybridized carbons (Fsp3) is 0.880. The van der Waals surface area contributed by atoms with Crippen LogP contribution in [0.25, 0.3) is 0 Å². The smallest absolute Gasteiger partial charge is 0.326 e. The molecule has 0 aromatic rings. The Balaban J connectivity index is 3.70. The molecule has 0 fully saturated rings. The molecule has 5 amide bonds. The highest BCUT2D eigenvalue weighted by Crippen LogP contribution is 2.14. The monoisotopic (exact) mass is 957 g/mol. The van der Waals surface area contributed by atoms with E-state index in [1.165, 1.54) is 77.0 Å². The number of hydrogen-bond donors (Lipinski definition) is 7. The number of unbranched alkanes of at least 4 members (excludes halogenated alkanes) is 15. The lowest BCUT2D eigenvalue weighted by Crippen LogP contribution is -2.52. The van der Waals surface area contributed by atoms with Gasteiger partial charge in [0.05, 0.1) is 58.9 Å². The molecule has 17 heteroatoms. The molecule has 0 rings (SSSR count). The average molecular weight is 957 g/mol. The van der Waals surface area contributed by atoms with Crippen molar-refractivity contribution in [2.45, 2.75) is 213 Å². The van der Waals surface area contributed by atoms with Crippen LogP contribution in [0.3, 0.4) is 0 Å². The van der Waals surface area contributed by atoms with Crippen molar-refractivity contribution in [3.05, 3.63) is 0 Å². The summed E-state index contributed by atoms with van der Waals surface area (Å²) < 4.78 is 21.9. The van der Waals surface area contributed by atoms with Gasteiger partial charge in [-0.2, -0.15) is 0 Å². The third-order valence-corrected chi connectivity index (χ3v) is 10.7. The number of carbonyl (C=O) groups is 6. The molecule has 2 unspecified atom stereocenters. The van der Waals surface area contributed by atoms with Gasteiger partial charge in [0, 0.05) is 56.9 Å². The summed E-state index contributed by atoms with van der Waals surface area (Å²) in [6.07, 6.45) is 21.5. The minimum absolute atomic E-state index is 0.00243. The van der Waals surface area contributed by atoms with E-state index in [1.807, 2.05) is 34.6 Å². The first-order valence-electron chi connectivity index (χ1n) is 25.9. The quantitative estimate of drug-likeness (QED) is 0.0336. The van der Waals surface area contributed by atoms with E-state index in [4.69, 9.17) is 18.9 Å². The number of carboxylic acid groups (broad SMARTS) is 1. The molecule has 17 nitrogen and oxygen atoms in total. The fourth-order valence-corrected chi connectivity index (χ4v) is 7.07. The lowest BCUT2D eigenvalue weighted by atomic mass is 10.0. The first kappa shape index (κ1) is 63.6. The Hall–Kier alpha value is -3.38. The predicted octanol–water partition coefficient (Wildman–Crippen LogP) is 6.24. The zero-order valence-electron chi connectivity index (χ0n) is 42.8. The summed E-state index contributed by atoms with van der Waals surface area (Å²) in [5.74, 6) is -2.04. The third-order valence-electron chi connectivity index (χ3n) is 10.7. The molecule has 0 spiro atoms. The van der Waals surface area contributed by atoms with E-state index in [2.05, 4.69) is 38.8 Å². The molecule has 0 aliphatic rings. The molecule has 0 aliphatic carbocycles. The average Bonchev–Trinajstić information content (AvgIpc) is 3.26. The molecule has 0 aliphatic heterocycles. The second-order valence-electron chi connectivity index (χ2n) is 18.8. The van der Waals surface area contributed by atoms with Gasteiger partial charge in [0.1, 0.15) is 6.04 Å². The molecule has 0 saturated carbocycles. The summed E-state index contributed by atoms with van der Waals surface area (Å²) in [7, 11) is 0. The fourth-order valence-electron chi connectivity index (χ4n) is 7.07. The standard InChI is InChI=1S/C50H96N6O11/c1-7-8-9-10-11-12-13-14-15-16-17-18-19-20-21-25-47(60)55-43(49(62)63)26-27-44(57)52-31-35-66-39-38-65-34-29-46(59)53-32-36-67-40-37-64-33-28-45(58)51-30-23-22-24-42(54-41(2)3)48(61)56-50(4,5)6/h41-43,54H,7-40H2,1-6H3,(H,51,58)(H,52,57)(H,53,59)(H,55,60)(H,56,61)(H,62,63). The Labute approximate surface area is 404 Å². The van der Waals surface area contributed by atoms with E-state index < -0.39 is 12.0 Å². The van der Waals surface area contributed by atoms with E-state index >= 15 is 0 Å². The van der Waals surface area contributed by atoms with E-state index in [0.29, 0.717) is 39.3 Å². The van der Waals surface area contributed by atoms with Crippen LogP contribution in [0.5, 0.6) is 0 Å². The van der Waals surface area contributed by atoms with Crippen molar-refractivity contribution in [3.8, 4) is 0 Å². The molecular formula is C50H96N6O11.